The molecular weight excluding hydrogens is 448 g/mol. The molecule has 11 heteroatoms. The van der Waals surface area contributed by atoms with Crippen molar-refractivity contribution in [2.75, 3.05) is 38.2 Å². The zero-order valence-corrected chi connectivity index (χ0v) is 19.9. The Bertz CT molecular complexity index is 1600. The molecule has 1 saturated heterocycles. The van der Waals surface area contributed by atoms with Gasteiger partial charge in [-0.3, -0.25) is 18.5 Å². The van der Waals surface area contributed by atoms with Crippen molar-refractivity contribution in [3.05, 3.63) is 50.9 Å². The number of aryl methyl sites for hydroxylation is 1. The number of aromatic nitrogens is 6. The van der Waals surface area contributed by atoms with Crippen molar-refractivity contribution < 1.29 is 4.74 Å². The molecule has 1 aliphatic heterocycles. The molecule has 1 aliphatic rings. The van der Waals surface area contributed by atoms with Crippen molar-refractivity contribution in [2.45, 2.75) is 20.0 Å². The highest BCUT2D eigenvalue weighted by Gasteiger charge is 2.24. The summed E-state index contributed by atoms with van der Waals surface area (Å²) in [6.07, 6.45) is 0. The van der Waals surface area contributed by atoms with E-state index in [0.29, 0.717) is 40.9 Å². The van der Waals surface area contributed by atoms with Gasteiger partial charge in [-0.25, -0.2) is 9.78 Å². The van der Waals surface area contributed by atoms with Gasteiger partial charge in [-0.2, -0.15) is 9.97 Å². The smallest absolute Gasteiger partial charge is 0.332 e. The van der Waals surface area contributed by atoms with Crippen LogP contribution in [-0.4, -0.2) is 61.9 Å². The second-order valence-corrected chi connectivity index (χ2v) is 8.23. The Kier molecular flexibility index (Phi) is 5.96. The standard InChI is InChI=1S/C24H26N8O3/c1-4-5-12-31-19-20(28-23(31)30-13-10-25-11-14-30)29(2)24(34)32(22(19)33)15-18-26-17-9-7-6-8-16(17)21(27-18)35-3/h6-9,25H,10-15H2,1-3H3. The minimum atomic E-state index is -0.490. The topological polar surface area (TPSA) is 112 Å². The zero-order valence-electron chi connectivity index (χ0n) is 19.9. The third kappa shape index (κ3) is 3.91. The number of ether oxygens (including phenoxy) is 1. The molecule has 0 aliphatic carbocycles. The van der Waals surface area contributed by atoms with Gasteiger partial charge in [0.2, 0.25) is 11.8 Å². The highest BCUT2D eigenvalue weighted by atomic mass is 16.5. The molecule has 0 saturated carbocycles. The zero-order chi connectivity index (χ0) is 24.5. The molecule has 35 heavy (non-hydrogen) atoms. The van der Waals surface area contributed by atoms with Crippen LogP contribution in [0.4, 0.5) is 5.95 Å². The van der Waals surface area contributed by atoms with E-state index < -0.39 is 11.2 Å². The van der Waals surface area contributed by atoms with Gasteiger partial charge in [0.25, 0.3) is 5.56 Å². The fraction of sp³-hybridized carbons (Fsp3) is 0.375. The highest BCUT2D eigenvalue weighted by molar-refractivity contribution is 5.83. The molecule has 1 fully saturated rings. The molecular formula is C24H26N8O3. The van der Waals surface area contributed by atoms with Crippen molar-refractivity contribution in [2.24, 2.45) is 7.05 Å². The summed E-state index contributed by atoms with van der Waals surface area (Å²) in [6, 6.07) is 7.44. The van der Waals surface area contributed by atoms with Gasteiger partial charge in [-0.15, -0.1) is 5.92 Å². The van der Waals surface area contributed by atoms with Gasteiger partial charge in [0, 0.05) is 33.2 Å². The Hall–Kier alpha value is -4.17. The molecule has 0 radical (unpaired) electrons. The molecule has 4 heterocycles. The molecule has 5 rings (SSSR count). The summed E-state index contributed by atoms with van der Waals surface area (Å²) in [5, 5.41) is 4.08. The second kappa shape index (κ2) is 9.23. The lowest BCUT2D eigenvalue weighted by Gasteiger charge is -2.28. The van der Waals surface area contributed by atoms with Crippen LogP contribution in [0.3, 0.4) is 0 Å². The number of rotatable bonds is 5. The fourth-order valence-corrected chi connectivity index (χ4v) is 4.37. The van der Waals surface area contributed by atoms with E-state index >= 15 is 0 Å². The number of piperazine rings is 1. The number of methoxy groups -OCH3 is 1. The summed E-state index contributed by atoms with van der Waals surface area (Å²) in [5.74, 6) is 7.26. The average molecular weight is 475 g/mol. The van der Waals surface area contributed by atoms with Gasteiger partial charge in [-0.05, 0) is 19.1 Å². The maximum absolute atomic E-state index is 13.7. The number of fused-ring (bicyclic) bond motifs is 2. The SMILES string of the molecule is CC#CCn1c(N2CCNCC2)nc2c1c(=O)n(Cc1nc(OC)c3ccccc3n1)c(=O)n2C. The normalized spacial score (nSPS) is 13.7. The first kappa shape index (κ1) is 22.6. The molecule has 0 atom stereocenters. The van der Waals surface area contributed by atoms with E-state index in [1.54, 1.807) is 18.5 Å². The fourth-order valence-electron chi connectivity index (χ4n) is 4.37. The summed E-state index contributed by atoms with van der Waals surface area (Å²) >= 11 is 0. The molecule has 180 valence electrons. The van der Waals surface area contributed by atoms with E-state index in [1.807, 2.05) is 24.3 Å². The highest BCUT2D eigenvalue weighted by Crippen LogP contribution is 2.22. The van der Waals surface area contributed by atoms with Crippen LogP contribution in [0, 0.1) is 11.8 Å². The van der Waals surface area contributed by atoms with E-state index in [2.05, 4.69) is 32.0 Å². The van der Waals surface area contributed by atoms with Gasteiger partial charge in [0.1, 0.15) is 0 Å². The number of hydrogen-bond acceptors (Lipinski definition) is 8. The lowest BCUT2D eigenvalue weighted by Crippen LogP contribution is -2.44. The molecule has 1 N–H and O–H groups in total. The lowest BCUT2D eigenvalue weighted by atomic mass is 10.2. The second-order valence-electron chi connectivity index (χ2n) is 8.23. The first-order valence-corrected chi connectivity index (χ1v) is 11.4. The Labute approximate surface area is 201 Å². The molecule has 0 bridgehead atoms. The minimum absolute atomic E-state index is 0.101. The van der Waals surface area contributed by atoms with Crippen LogP contribution in [0.2, 0.25) is 0 Å². The average Bonchev–Trinajstić information content (AvgIpc) is 3.28. The number of imidazole rings is 1. The minimum Gasteiger partial charge on any atom is -0.480 e. The number of nitrogens with zero attached hydrogens (tertiary/aromatic N) is 7. The van der Waals surface area contributed by atoms with Crippen molar-refractivity contribution in [1.29, 1.82) is 0 Å². The number of para-hydroxylation sites is 1. The van der Waals surface area contributed by atoms with Crippen LogP contribution >= 0.6 is 0 Å². The molecule has 0 spiro atoms. The summed E-state index contributed by atoms with van der Waals surface area (Å²) in [6.45, 7) is 5.06. The van der Waals surface area contributed by atoms with E-state index in [0.717, 1.165) is 36.1 Å². The summed E-state index contributed by atoms with van der Waals surface area (Å²) in [5.41, 5.74) is 0.391. The van der Waals surface area contributed by atoms with Gasteiger partial charge >= 0.3 is 5.69 Å². The predicted octanol–water partition coefficient (Wildman–Crippen LogP) is 0.330. The van der Waals surface area contributed by atoms with Crippen LogP contribution < -0.4 is 26.2 Å². The van der Waals surface area contributed by atoms with Crippen LogP contribution in [0.1, 0.15) is 12.7 Å². The third-order valence-electron chi connectivity index (χ3n) is 6.13. The molecule has 3 aromatic heterocycles. The predicted molar refractivity (Wildman–Crippen MR) is 133 cm³/mol. The lowest BCUT2D eigenvalue weighted by molar-refractivity contribution is 0.400. The van der Waals surface area contributed by atoms with Crippen molar-refractivity contribution in [1.82, 2.24) is 34.0 Å². The number of nitrogens with one attached hydrogen (secondary N) is 1. The summed E-state index contributed by atoms with van der Waals surface area (Å²) in [4.78, 5) is 42.9. The first-order chi connectivity index (χ1) is 17.0. The number of benzene rings is 1. The first-order valence-electron chi connectivity index (χ1n) is 11.4. The number of anilines is 1. The third-order valence-corrected chi connectivity index (χ3v) is 6.13. The summed E-state index contributed by atoms with van der Waals surface area (Å²) in [7, 11) is 3.15. The molecule has 11 nitrogen and oxygen atoms in total. The van der Waals surface area contributed by atoms with Crippen LogP contribution in [0.5, 0.6) is 5.88 Å². The molecule has 0 amide bonds. The van der Waals surface area contributed by atoms with E-state index in [-0.39, 0.29) is 6.54 Å². The largest absolute Gasteiger partial charge is 0.480 e. The number of hydrogen-bond donors (Lipinski definition) is 1. The Morgan fingerprint density at radius 2 is 1.86 bits per heavy atom. The maximum atomic E-state index is 13.7. The van der Waals surface area contributed by atoms with E-state index in [4.69, 9.17) is 9.72 Å². The van der Waals surface area contributed by atoms with Crippen molar-refractivity contribution >= 4 is 28.0 Å². The van der Waals surface area contributed by atoms with E-state index in [9.17, 15) is 9.59 Å². The summed E-state index contributed by atoms with van der Waals surface area (Å²) < 4.78 is 9.78. The Balaban J connectivity index is 1.69. The monoisotopic (exact) mass is 474 g/mol. The van der Waals surface area contributed by atoms with Gasteiger partial charge in [0.05, 0.1) is 31.1 Å². The Morgan fingerprint density at radius 1 is 1.09 bits per heavy atom. The molecule has 1 aromatic carbocycles. The van der Waals surface area contributed by atoms with Gasteiger partial charge < -0.3 is 15.0 Å². The quantitative estimate of drug-likeness (QED) is 0.412. The van der Waals surface area contributed by atoms with Gasteiger partial charge in [0.15, 0.2) is 17.0 Å². The Morgan fingerprint density at radius 3 is 2.60 bits per heavy atom. The molecule has 4 aromatic rings. The van der Waals surface area contributed by atoms with Crippen LogP contribution in [0.25, 0.3) is 22.1 Å². The van der Waals surface area contributed by atoms with Crippen LogP contribution in [0.15, 0.2) is 33.9 Å². The van der Waals surface area contributed by atoms with Crippen molar-refractivity contribution in [3.8, 4) is 17.7 Å². The van der Waals surface area contributed by atoms with E-state index in [1.165, 1.54) is 11.7 Å². The van der Waals surface area contributed by atoms with Gasteiger partial charge in [-0.1, -0.05) is 18.1 Å². The molecule has 0 unspecified atom stereocenters. The van der Waals surface area contributed by atoms with Crippen molar-refractivity contribution in [3.63, 3.8) is 0 Å². The maximum Gasteiger partial charge on any atom is 0.332 e. The van der Waals surface area contributed by atoms with Crippen LogP contribution in [-0.2, 0) is 20.1 Å².